The van der Waals surface area contributed by atoms with Gasteiger partial charge in [-0.15, -0.1) is 0 Å². The molecule has 7 heteroatoms. The molecule has 0 spiro atoms. The zero-order chi connectivity index (χ0) is 16.0. The Hall–Kier alpha value is -2.70. The van der Waals surface area contributed by atoms with E-state index in [1.807, 2.05) is 40.9 Å². The van der Waals surface area contributed by atoms with Crippen LogP contribution >= 0.6 is 0 Å². The fourth-order valence-electron chi connectivity index (χ4n) is 2.67. The van der Waals surface area contributed by atoms with Gasteiger partial charge in [-0.3, -0.25) is 14.2 Å². The van der Waals surface area contributed by atoms with E-state index >= 15 is 0 Å². The molecule has 0 aliphatic rings. The zero-order valence-electron chi connectivity index (χ0n) is 13.3. The molecule has 0 aromatic carbocycles. The number of anilines is 1. The molecule has 7 nitrogen and oxygen atoms in total. The number of amides is 1. The fourth-order valence-corrected chi connectivity index (χ4v) is 2.67. The number of fused-ring (bicyclic) bond motifs is 1. The molecule has 1 N–H and O–H groups in total. The van der Waals surface area contributed by atoms with E-state index in [0.29, 0.717) is 16.9 Å². The minimum Gasteiger partial charge on any atom is -0.320 e. The van der Waals surface area contributed by atoms with Crippen LogP contribution in [0.15, 0.2) is 12.3 Å². The van der Waals surface area contributed by atoms with Gasteiger partial charge in [-0.2, -0.15) is 10.2 Å². The van der Waals surface area contributed by atoms with Gasteiger partial charge in [-0.1, -0.05) is 0 Å². The molecule has 0 saturated carbocycles. The maximum Gasteiger partial charge on any atom is 0.259 e. The maximum atomic E-state index is 12.5. The van der Waals surface area contributed by atoms with Gasteiger partial charge < -0.3 is 5.32 Å². The molecule has 1 amide bonds. The fraction of sp³-hybridized carbons (Fsp3) is 0.333. The molecule has 0 aliphatic heterocycles. The second kappa shape index (κ2) is 4.94. The molecule has 114 valence electrons. The molecule has 0 radical (unpaired) electrons. The first-order valence-electron chi connectivity index (χ1n) is 6.99. The summed E-state index contributed by atoms with van der Waals surface area (Å²) in [6.07, 6.45) is 1.64. The lowest BCUT2D eigenvalue weighted by Crippen LogP contribution is -2.14. The molecule has 0 fully saturated rings. The molecule has 3 aromatic rings. The molecule has 3 aromatic heterocycles. The van der Waals surface area contributed by atoms with Crippen LogP contribution in [0.2, 0.25) is 0 Å². The molecule has 0 aliphatic carbocycles. The standard InChI is InChI=1S/C15H18N6O/c1-8-12-6-11(7-16-14(12)21(5)18-8)17-15(22)13-9(2)19-20(4)10(13)3/h6-7H,1-5H3,(H,17,22). The maximum absolute atomic E-state index is 12.5. The predicted octanol–water partition coefficient (Wildman–Crippen LogP) is 1.88. The van der Waals surface area contributed by atoms with E-state index in [2.05, 4.69) is 20.5 Å². The number of hydrogen-bond donors (Lipinski definition) is 1. The Balaban J connectivity index is 1.96. The van der Waals surface area contributed by atoms with Crippen LogP contribution in [0, 0.1) is 20.8 Å². The quantitative estimate of drug-likeness (QED) is 0.783. The van der Waals surface area contributed by atoms with Crippen molar-refractivity contribution >= 4 is 22.6 Å². The van der Waals surface area contributed by atoms with Crippen LogP contribution < -0.4 is 5.32 Å². The Morgan fingerprint density at radius 3 is 2.41 bits per heavy atom. The van der Waals surface area contributed by atoms with Crippen LogP contribution in [0.4, 0.5) is 5.69 Å². The van der Waals surface area contributed by atoms with Crippen molar-refractivity contribution in [2.45, 2.75) is 20.8 Å². The van der Waals surface area contributed by atoms with Gasteiger partial charge >= 0.3 is 0 Å². The second-order valence-electron chi connectivity index (χ2n) is 5.43. The van der Waals surface area contributed by atoms with Crippen LogP contribution in [-0.2, 0) is 14.1 Å². The normalized spacial score (nSPS) is 11.1. The first-order valence-corrected chi connectivity index (χ1v) is 6.99. The van der Waals surface area contributed by atoms with E-state index in [-0.39, 0.29) is 5.91 Å². The van der Waals surface area contributed by atoms with E-state index in [1.165, 1.54) is 0 Å². The summed E-state index contributed by atoms with van der Waals surface area (Å²) < 4.78 is 3.43. The average molecular weight is 298 g/mol. The summed E-state index contributed by atoms with van der Waals surface area (Å²) in [7, 11) is 3.68. The molecule has 3 rings (SSSR count). The number of hydrogen-bond acceptors (Lipinski definition) is 4. The summed E-state index contributed by atoms with van der Waals surface area (Å²) in [5.41, 5.74) is 4.48. The van der Waals surface area contributed by atoms with Crippen molar-refractivity contribution in [3.8, 4) is 0 Å². The Bertz CT molecular complexity index is 889. The third kappa shape index (κ3) is 2.14. The van der Waals surface area contributed by atoms with Crippen LogP contribution in [0.25, 0.3) is 11.0 Å². The number of carbonyl (C=O) groups is 1. The van der Waals surface area contributed by atoms with E-state index in [0.717, 1.165) is 22.4 Å². The van der Waals surface area contributed by atoms with Crippen molar-refractivity contribution in [3.05, 3.63) is 34.9 Å². The lowest BCUT2D eigenvalue weighted by Gasteiger charge is -2.06. The van der Waals surface area contributed by atoms with Gasteiger partial charge in [0, 0.05) is 25.2 Å². The van der Waals surface area contributed by atoms with Gasteiger partial charge in [-0.05, 0) is 26.8 Å². The summed E-state index contributed by atoms with van der Waals surface area (Å²) in [5, 5.41) is 12.4. The van der Waals surface area contributed by atoms with Crippen molar-refractivity contribution in [1.82, 2.24) is 24.5 Å². The Labute approximate surface area is 128 Å². The van der Waals surface area contributed by atoms with Gasteiger partial charge in [0.05, 0.1) is 28.8 Å². The highest BCUT2D eigenvalue weighted by Crippen LogP contribution is 2.20. The lowest BCUT2D eigenvalue weighted by molar-refractivity contribution is 0.102. The number of aryl methyl sites for hydroxylation is 4. The molecule has 0 bridgehead atoms. The minimum atomic E-state index is -0.175. The molecular weight excluding hydrogens is 280 g/mol. The third-order valence-corrected chi connectivity index (χ3v) is 3.86. The zero-order valence-corrected chi connectivity index (χ0v) is 13.3. The molecule has 0 saturated heterocycles. The third-order valence-electron chi connectivity index (χ3n) is 3.86. The van der Waals surface area contributed by atoms with Crippen LogP contribution in [0.1, 0.15) is 27.4 Å². The van der Waals surface area contributed by atoms with Crippen LogP contribution in [0.5, 0.6) is 0 Å². The van der Waals surface area contributed by atoms with Crippen molar-refractivity contribution < 1.29 is 4.79 Å². The molecular formula is C15H18N6O. The first-order chi connectivity index (χ1) is 10.4. The monoisotopic (exact) mass is 298 g/mol. The summed E-state index contributed by atoms with van der Waals surface area (Å²) in [5.74, 6) is -0.175. The predicted molar refractivity (Wildman–Crippen MR) is 83.9 cm³/mol. The van der Waals surface area contributed by atoms with E-state index < -0.39 is 0 Å². The summed E-state index contributed by atoms with van der Waals surface area (Å²) in [6.45, 7) is 5.63. The van der Waals surface area contributed by atoms with Gasteiger partial charge in [0.2, 0.25) is 0 Å². The SMILES string of the molecule is Cc1nn(C)c(C)c1C(=O)Nc1cnc2c(c1)c(C)nn2C. The number of nitrogens with zero attached hydrogens (tertiary/aromatic N) is 5. The van der Waals surface area contributed by atoms with E-state index in [1.54, 1.807) is 15.6 Å². The highest BCUT2D eigenvalue weighted by molar-refractivity contribution is 6.06. The van der Waals surface area contributed by atoms with Crippen LogP contribution in [-0.4, -0.2) is 30.5 Å². The van der Waals surface area contributed by atoms with Gasteiger partial charge in [0.1, 0.15) is 0 Å². The Kier molecular flexibility index (Phi) is 3.20. The van der Waals surface area contributed by atoms with Crippen molar-refractivity contribution in [2.75, 3.05) is 5.32 Å². The first kappa shape index (κ1) is 14.2. The second-order valence-corrected chi connectivity index (χ2v) is 5.43. The van der Waals surface area contributed by atoms with Crippen LogP contribution in [0.3, 0.4) is 0 Å². The van der Waals surface area contributed by atoms with Crippen molar-refractivity contribution in [1.29, 1.82) is 0 Å². The number of carbonyl (C=O) groups excluding carboxylic acids is 1. The van der Waals surface area contributed by atoms with E-state index in [9.17, 15) is 4.79 Å². The number of nitrogens with one attached hydrogen (secondary N) is 1. The summed E-state index contributed by atoms with van der Waals surface area (Å²) in [4.78, 5) is 16.8. The summed E-state index contributed by atoms with van der Waals surface area (Å²) >= 11 is 0. The summed E-state index contributed by atoms with van der Waals surface area (Å²) in [6, 6.07) is 1.89. The number of rotatable bonds is 2. The molecule has 3 heterocycles. The van der Waals surface area contributed by atoms with Gasteiger partial charge in [-0.25, -0.2) is 4.98 Å². The Morgan fingerprint density at radius 2 is 1.77 bits per heavy atom. The topological polar surface area (TPSA) is 77.6 Å². The lowest BCUT2D eigenvalue weighted by atomic mass is 10.2. The van der Waals surface area contributed by atoms with Gasteiger partial charge in [0.15, 0.2) is 5.65 Å². The average Bonchev–Trinajstić information content (AvgIpc) is 2.87. The van der Waals surface area contributed by atoms with Crippen molar-refractivity contribution in [2.24, 2.45) is 14.1 Å². The van der Waals surface area contributed by atoms with E-state index in [4.69, 9.17) is 0 Å². The molecule has 22 heavy (non-hydrogen) atoms. The Morgan fingerprint density at radius 1 is 1.09 bits per heavy atom. The number of aromatic nitrogens is 5. The van der Waals surface area contributed by atoms with Crippen molar-refractivity contribution in [3.63, 3.8) is 0 Å². The minimum absolute atomic E-state index is 0.175. The highest BCUT2D eigenvalue weighted by Gasteiger charge is 2.18. The largest absolute Gasteiger partial charge is 0.320 e. The molecule has 0 atom stereocenters. The highest BCUT2D eigenvalue weighted by atomic mass is 16.1. The smallest absolute Gasteiger partial charge is 0.259 e. The molecule has 0 unspecified atom stereocenters. The number of pyridine rings is 1. The van der Waals surface area contributed by atoms with Gasteiger partial charge in [0.25, 0.3) is 5.91 Å².